The molecule has 0 saturated heterocycles. The summed E-state index contributed by atoms with van der Waals surface area (Å²) in [6.07, 6.45) is 4.62. The van der Waals surface area contributed by atoms with Gasteiger partial charge >= 0.3 is 5.97 Å². The molecule has 20 heavy (non-hydrogen) atoms. The van der Waals surface area contributed by atoms with Gasteiger partial charge in [-0.25, -0.2) is 0 Å². The first-order valence-electron chi connectivity index (χ1n) is 7.50. The van der Waals surface area contributed by atoms with Crippen LogP contribution in [-0.4, -0.2) is 48.2 Å². The molecule has 1 N–H and O–H groups in total. The van der Waals surface area contributed by atoms with E-state index in [2.05, 4.69) is 0 Å². The predicted molar refractivity (Wildman–Crippen MR) is 76.0 cm³/mol. The van der Waals surface area contributed by atoms with Crippen LogP contribution in [0.3, 0.4) is 0 Å². The van der Waals surface area contributed by atoms with Crippen LogP contribution in [0, 0.1) is 11.8 Å². The minimum absolute atomic E-state index is 0.0485. The van der Waals surface area contributed by atoms with Crippen molar-refractivity contribution in [1.29, 1.82) is 0 Å². The van der Waals surface area contributed by atoms with Crippen molar-refractivity contribution < 1.29 is 19.4 Å². The topological polar surface area (TPSA) is 66.8 Å². The van der Waals surface area contributed by atoms with Gasteiger partial charge in [-0.3, -0.25) is 9.59 Å². The summed E-state index contributed by atoms with van der Waals surface area (Å²) >= 11 is 0. The van der Waals surface area contributed by atoms with E-state index in [1.165, 1.54) is 13.5 Å². The molecule has 2 unspecified atom stereocenters. The van der Waals surface area contributed by atoms with Gasteiger partial charge in [0, 0.05) is 19.0 Å². The van der Waals surface area contributed by atoms with Crippen LogP contribution in [0.25, 0.3) is 0 Å². The summed E-state index contributed by atoms with van der Waals surface area (Å²) in [6, 6.07) is 0. The SMILES string of the molecule is COC(=O)C(C)CN(CC(C)O)C(=O)C1CCCCC1. The van der Waals surface area contributed by atoms with Crippen molar-refractivity contribution >= 4 is 11.9 Å². The third-order valence-corrected chi connectivity index (χ3v) is 3.85. The van der Waals surface area contributed by atoms with Crippen LogP contribution in [0.4, 0.5) is 0 Å². The van der Waals surface area contributed by atoms with E-state index in [0.717, 1.165) is 25.7 Å². The maximum Gasteiger partial charge on any atom is 0.310 e. The van der Waals surface area contributed by atoms with Gasteiger partial charge in [-0.2, -0.15) is 0 Å². The maximum absolute atomic E-state index is 12.5. The van der Waals surface area contributed by atoms with E-state index in [4.69, 9.17) is 4.74 Å². The summed E-state index contributed by atoms with van der Waals surface area (Å²) in [5, 5.41) is 9.57. The Morgan fingerprint density at radius 1 is 1.20 bits per heavy atom. The molecule has 0 aliphatic heterocycles. The number of methoxy groups -OCH3 is 1. The molecule has 5 nitrogen and oxygen atoms in total. The molecular weight excluding hydrogens is 258 g/mol. The molecule has 0 aromatic carbocycles. The largest absolute Gasteiger partial charge is 0.469 e. The molecule has 0 heterocycles. The molecule has 0 spiro atoms. The second kappa shape index (κ2) is 8.25. The average Bonchev–Trinajstić information content (AvgIpc) is 2.45. The van der Waals surface area contributed by atoms with Gasteiger partial charge in [-0.05, 0) is 19.8 Å². The first kappa shape index (κ1) is 17.0. The number of hydrogen-bond acceptors (Lipinski definition) is 4. The Kier molecular flexibility index (Phi) is 6.99. The summed E-state index contributed by atoms with van der Waals surface area (Å²) in [7, 11) is 1.35. The van der Waals surface area contributed by atoms with Crippen molar-refractivity contribution in [2.45, 2.75) is 52.1 Å². The van der Waals surface area contributed by atoms with Crippen LogP contribution in [0.15, 0.2) is 0 Å². The smallest absolute Gasteiger partial charge is 0.310 e. The second-order valence-corrected chi connectivity index (χ2v) is 5.85. The average molecular weight is 285 g/mol. The lowest BCUT2D eigenvalue weighted by atomic mass is 9.88. The van der Waals surface area contributed by atoms with Crippen molar-refractivity contribution in [3.05, 3.63) is 0 Å². The van der Waals surface area contributed by atoms with Crippen LogP contribution in [0.2, 0.25) is 0 Å². The number of amides is 1. The number of aliphatic hydroxyl groups is 1. The van der Waals surface area contributed by atoms with Gasteiger partial charge in [0.05, 0.1) is 19.1 Å². The molecule has 1 amide bonds. The number of hydrogen-bond donors (Lipinski definition) is 1. The molecule has 1 saturated carbocycles. The van der Waals surface area contributed by atoms with Crippen LogP contribution in [0.1, 0.15) is 46.0 Å². The van der Waals surface area contributed by atoms with Gasteiger partial charge in [0.2, 0.25) is 5.91 Å². The van der Waals surface area contributed by atoms with E-state index in [0.29, 0.717) is 6.54 Å². The number of nitrogens with zero attached hydrogens (tertiary/aromatic N) is 1. The monoisotopic (exact) mass is 285 g/mol. The van der Waals surface area contributed by atoms with E-state index in [1.807, 2.05) is 0 Å². The van der Waals surface area contributed by atoms with E-state index >= 15 is 0 Å². The molecule has 1 aliphatic rings. The zero-order valence-electron chi connectivity index (χ0n) is 12.8. The minimum atomic E-state index is -0.590. The summed E-state index contributed by atoms with van der Waals surface area (Å²) in [5.41, 5.74) is 0. The van der Waals surface area contributed by atoms with Gasteiger partial charge in [0.25, 0.3) is 0 Å². The first-order valence-corrected chi connectivity index (χ1v) is 7.50. The van der Waals surface area contributed by atoms with Crippen LogP contribution < -0.4 is 0 Å². The highest BCUT2D eigenvalue weighted by Crippen LogP contribution is 2.25. The lowest BCUT2D eigenvalue weighted by Gasteiger charge is -2.31. The highest BCUT2D eigenvalue weighted by atomic mass is 16.5. The van der Waals surface area contributed by atoms with Gasteiger partial charge in [0.15, 0.2) is 0 Å². The first-order chi connectivity index (χ1) is 9.45. The molecule has 0 aromatic rings. The molecule has 2 atom stereocenters. The number of aliphatic hydroxyl groups excluding tert-OH is 1. The zero-order chi connectivity index (χ0) is 15.1. The molecule has 5 heteroatoms. The van der Waals surface area contributed by atoms with E-state index in [1.54, 1.807) is 18.7 Å². The molecule has 0 bridgehead atoms. The Balaban J connectivity index is 2.66. The molecule has 1 fully saturated rings. The number of ether oxygens (including phenoxy) is 1. The number of rotatable bonds is 6. The van der Waals surface area contributed by atoms with E-state index in [-0.39, 0.29) is 30.3 Å². The molecule has 0 radical (unpaired) electrons. The van der Waals surface area contributed by atoms with Crippen molar-refractivity contribution in [3.63, 3.8) is 0 Å². The quantitative estimate of drug-likeness (QED) is 0.753. The van der Waals surface area contributed by atoms with Gasteiger partial charge < -0.3 is 14.7 Å². The fourth-order valence-electron chi connectivity index (χ4n) is 2.79. The van der Waals surface area contributed by atoms with Crippen LogP contribution in [0.5, 0.6) is 0 Å². The summed E-state index contributed by atoms with van der Waals surface area (Å²) in [5.74, 6) is -0.572. The summed E-state index contributed by atoms with van der Waals surface area (Å²) in [6.45, 7) is 3.99. The van der Waals surface area contributed by atoms with Crippen LogP contribution >= 0.6 is 0 Å². The number of esters is 1. The number of carbonyl (C=O) groups is 2. The molecular formula is C15H27NO4. The predicted octanol–water partition coefficient (Wildman–Crippen LogP) is 1.59. The molecule has 0 aromatic heterocycles. The Labute approximate surface area is 121 Å². The van der Waals surface area contributed by atoms with Crippen molar-refractivity contribution in [3.8, 4) is 0 Å². The zero-order valence-corrected chi connectivity index (χ0v) is 12.8. The fourth-order valence-corrected chi connectivity index (χ4v) is 2.79. The lowest BCUT2D eigenvalue weighted by molar-refractivity contribution is -0.147. The maximum atomic E-state index is 12.5. The fraction of sp³-hybridized carbons (Fsp3) is 0.867. The molecule has 1 rings (SSSR count). The highest BCUT2D eigenvalue weighted by molar-refractivity contribution is 5.80. The van der Waals surface area contributed by atoms with Crippen molar-refractivity contribution in [1.82, 2.24) is 4.90 Å². The Bertz CT molecular complexity index is 324. The van der Waals surface area contributed by atoms with Gasteiger partial charge in [-0.15, -0.1) is 0 Å². The molecule has 116 valence electrons. The second-order valence-electron chi connectivity index (χ2n) is 5.85. The Morgan fingerprint density at radius 3 is 2.30 bits per heavy atom. The third-order valence-electron chi connectivity index (χ3n) is 3.85. The Morgan fingerprint density at radius 2 is 1.80 bits per heavy atom. The third kappa shape index (κ3) is 5.12. The van der Waals surface area contributed by atoms with Crippen molar-refractivity contribution in [2.24, 2.45) is 11.8 Å². The normalized spacial score (nSPS) is 19.2. The van der Waals surface area contributed by atoms with E-state index in [9.17, 15) is 14.7 Å². The Hall–Kier alpha value is -1.10. The van der Waals surface area contributed by atoms with Gasteiger partial charge in [-0.1, -0.05) is 26.2 Å². The van der Waals surface area contributed by atoms with Gasteiger partial charge in [0.1, 0.15) is 0 Å². The van der Waals surface area contributed by atoms with E-state index < -0.39 is 6.10 Å². The molecule has 1 aliphatic carbocycles. The minimum Gasteiger partial charge on any atom is -0.469 e. The standard InChI is InChI=1S/C15H27NO4/c1-11(15(19)20-3)9-16(10-12(2)17)14(18)13-7-5-4-6-8-13/h11-13,17H,4-10H2,1-3H3. The highest BCUT2D eigenvalue weighted by Gasteiger charge is 2.29. The van der Waals surface area contributed by atoms with Crippen LogP contribution in [-0.2, 0) is 14.3 Å². The lowest BCUT2D eigenvalue weighted by Crippen LogP contribution is -2.44. The summed E-state index contributed by atoms with van der Waals surface area (Å²) < 4.78 is 4.70. The van der Waals surface area contributed by atoms with Crippen molar-refractivity contribution in [2.75, 3.05) is 20.2 Å². The number of carbonyl (C=O) groups excluding carboxylic acids is 2. The summed E-state index contributed by atoms with van der Waals surface area (Å²) in [4.78, 5) is 25.7.